The van der Waals surface area contributed by atoms with Gasteiger partial charge in [-0.3, -0.25) is 4.79 Å². The van der Waals surface area contributed by atoms with Gasteiger partial charge >= 0.3 is 0 Å². The quantitative estimate of drug-likeness (QED) is 0.906. The molecule has 0 radical (unpaired) electrons. The van der Waals surface area contributed by atoms with E-state index in [4.69, 9.17) is 16.1 Å². The number of carbonyl (C=O) groups is 1. The Bertz CT molecular complexity index is 655. The van der Waals surface area contributed by atoms with Crippen molar-refractivity contribution in [3.8, 4) is 5.75 Å². The van der Waals surface area contributed by atoms with E-state index in [0.717, 1.165) is 0 Å². The van der Waals surface area contributed by atoms with Crippen LogP contribution in [0.5, 0.6) is 5.75 Å². The molecule has 0 saturated carbocycles. The summed E-state index contributed by atoms with van der Waals surface area (Å²) in [4.78, 5) is 16.4. The molecule has 21 heavy (non-hydrogen) atoms. The second kappa shape index (κ2) is 6.13. The lowest BCUT2D eigenvalue weighted by molar-refractivity contribution is 0.0914. The number of rotatable bonds is 4. The summed E-state index contributed by atoms with van der Waals surface area (Å²) in [5, 5.41) is 16.1. The van der Waals surface area contributed by atoms with E-state index in [9.17, 15) is 9.90 Å². The minimum Gasteiger partial charge on any atom is -0.506 e. The van der Waals surface area contributed by atoms with Gasteiger partial charge < -0.3 is 14.9 Å². The van der Waals surface area contributed by atoms with Crippen LogP contribution in [-0.4, -0.2) is 21.2 Å². The van der Waals surface area contributed by atoms with E-state index in [1.165, 1.54) is 18.2 Å². The molecule has 1 aromatic heterocycles. The molecule has 1 atom stereocenters. The second-order valence-electron chi connectivity index (χ2n) is 5.04. The second-order valence-corrected chi connectivity index (χ2v) is 5.45. The molecule has 0 aliphatic carbocycles. The first-order valence-corrected chi connectivity index (χ1v) is 6.86. The predicted molar refractivity (Wildman–Crippen MR) is 77.2 cm³/mol. The van der Waals surface area contributed by atoms with Crippen LogP contribution in [0.2, 0.25) is 5.02 Å². The van der Waals surface area contributed by atoms with Crippen molar-refractivity contribution in [3.05, 3.63) is 40.5 Å². The summed E-state index contributed by atoms with van der Waals surface area (Å²) in [5.41, 5.74) is 0.347. The molecule has 0 spiro atoms. The Morgan fingerprint density at radius 2 is 2.14 bits per heavy atom. The van der Waals surface area contributed by atoms with Gasteiger partial charge in [0.25, 0.3) is 5.91 Å². The van der Waals surface area contributed by atoms with Gasteiger partial charge in [-0.1, -0.05) is 30.6 Å². The number of amides is 1. The molecule has 7 heteroatoms. The number of nitrogens with one attached hydrogen (secondary N) is 1. The molecule has 2 aromatic rings. The number of hydrogen-bond donors (Lipinski definition) is 2. The number of nitrogens with zero attached hydrogens (tertiary/aromatic N) is 2. The van der Waals surface area contributed by atoms with Gasteiger partial charge in [-0.05, 0) is 31.0 Å². The highest BCUT2D eigenvalue weighted by Crippen LogP contribution is 2.25. The summed E-state index contributed by atoms with van der Waals surface area (Å²) in [6, 6.07) is 3.88. The van der Waals surface area contributed by atoms with E-state index in [-0.39, 0.29) is 22.6 Å². The SMILES string of the molecule is Cc1noc([C@@H](NC(=O)c2ccc(O)c(Cl)c2)C(C)C)n1. The Hall–Kier alpha value is -2.08. The summed E-state index contributed by atoms with van der Waals surface area (Å²) < 4.78 is 5.13. The van der Waals surface area contributed by atoms with Gasteiger partial charge in [0.15, 0.2) is 5.82 Å². The Balaban J connectivity index is 2.20. The lowest BCUT2D eigenvalue weighted by Crippen LogP contribution is -2.32. The van der Waals surface area contributed by atoms with Crippen LogP contribution in [0.1, 0.15) is 42.0 Å². The third-order valence-corrected chi connectivity index (χ3v) is 3.28. The molecule has 6 nitrogen and oxygen atoms in total. The van der Waals surface area contributed by atoms with E-state index < -0.39 is 6.04 Å². The lowest BCUT2D eigenvalue weighted by Gasteiger charge is -2.18. The zero-order valence-electron chi connectivity index (χ0n) is 11.9. The van der Waals surface area contributed by atoms with E-state index in [1.807, 2.05) is 13.8 Å². The van der Waals surface area contributed by atoms with Gasteiger partial charge in [0.2, 0.25) is 5.89 Å². The summed E-state index contributed by atoms with van der Waals surface area (Å²) in [6.07, 6.45) is 0. The fourth-order valence-corrected chi connectivity index (χ4v) is 2.01. The van der Waals surface area contributed by atoms with E-state index in [1.54, 1.807) is 6.92 Å². The third kappa shape index (κ3) is 3.52. The van der Waals surface area contributed by atoms with Crippen molar-refractivity contribution in [3.63, 3.8) is 0 Å². The molecule has 1 aromatic carbocycles. The number of carbonyl (C=O) groups excluding carboxylic acids is 1. The average Bonchev–Trinajstić information content (AvgIpc) is 2.84. The number of aromatic hydroxyl groups is 1. The highest BCUT2D eigenvalue weighted by Gasteiger charge is 2.24. The van der Waals surface area contributed by atoms with Crippen LogP contribution in [0, 0.1) is 12.8 Å². The van der Waals surface area contributed by atoms with Crippen molar-refractivity contribution < 1.29 is 14.4 Å². The maximum absolute atomic E-state index is 12.3. The van der Waals surface area contributed by atoms with Gasteiger partial charge in [0, 0.05) is 5.56 Å². The average molecular weight is 310 g/mol. The largest absolute Gasteiger partial charge is 0.506 e. The van der Waals surface area contributed by atoms with Crippen LogP contribution in [-0.2, 0) is 0 Å². The third-order valence-electron chi connectivity index (χ3n) is 2.97. The highest BCUT2D eigenvalue weighted by molar-refractivity contribution is 6.32. The monoisotopic (exact) mass is 309 g/mol. The zero-order valence-corrected chi connectivity index (χ0v) is 12.7. The first kappa shape index (κ1) is 15.3. The van der Waals surface area contributed by atoms with Crippen molar-refractivity contribution in [2.75, 3.05) is 0 Å². The first-order valence-electron chi connectivity index (χ1n) is 6.48. The maximum atomic E-state index is 12.3. The van der Waals surface area contributed by atoms with Gasteiger partial charge in [-0.25, -0.2) is 0 Å². The van der Waals surface area contributed by atoms with Crippen LogP contribution in [0.25, 0.3) is 0 Å². The van der Waals surface area contributed by atoms with Crippen molar-refractivity contribution in [2.24, 2.45) is 5.92 Å². The van der Waals surface area contributed by atoms with Crippen LogP contribution in [0.3, 0.4) is 0 Å². The standard InChI is InChI=1S/C14H16ClN3O3/c1-7(2)12(14-16-8(3)18-21-14)17-13(20)9-4-5-11(19)10(15)6-9/h4-7,12,19H,1-3H3,(H,17,20)/t12-/m0/s1. The topological polar surface area (TPSA) is 88.2 Å². The molecule has 112 valence electrons. The Labute approximate surface area is 127 Å². The van der Waals surface area contributed by atoms with Gasteiger partial charge in [0.1, 0.15) is 11.8 Å². The molecule has 0 unspecified atom stereocenters. The van der Waals surface area contributed by atoms with Gasteiger partial charge in [-0.2, -0.15) is 4.98 Å². The number of aryl methyl sites for hydroxylation is 1. The molecule has 0 saturated heterocycles. The molecule has 1 heterocycles. The number of benzene rings is 1. The molecule has 1 amide bonds. The molecule has 0 bridgehead atoms. The first-order chi connectivity index (χ1) is 9.88. The molecule has 0 aliphatic rings. The Morgan fingerprint density at radius 1 is 1.43 bits per heavy atom. The van der Waals surface area contributed by atoms with Gasteiger partial charge in [-0.15, -0.1) is 0 Å². The summed E-state index contributed by atoms with van der Waals surface area (Å²) in [6.45, 7) is 5.59. The van der Waals surface area contributed by atoms with Crippen LogP contribution < -0.4 is 5.32 Å². The molecular weight excluding hydrogens is 294 g/mol. The summed E-state index contributed by atoms with van der Waals surface area (Å²) >= 11 is 5.81. The Kier molecular flexibility index (Phi) is 4.47. The lowest BCUT2D eigenvalue weighted by atomic mass is 10.0. The fraction of sp³-hybridized carbons (Fsp3) is 0.357. The maximum Gasteiger partial charge on any atom is 0.251 e. The molecule has 0 fully saturated rings. The number of phenolic OH excluding ortho intramolecular Hbond substituents is 1. The number of phenols is 1. The number of hydrogen-bond acceptors (Lipinski definition) is 5. The summed E-state index contributed by atoms with van der Waals surface area (Å²) in [7, 11) is 0. The van der Waals surface area contributed by atoms with E-state index >= 15 is 0 Å². The predicted octanol–water partition coefficient (Wildman–Crippen LogP) is 2.86. The van der Waals surface area contributed by atoms with Crippen molar-refractivity contribution in [2.45, 2.75) is 26.8 Å². The van der Waals surface area contributed by atoms with Crippen molar-refractivity contribution in [1.29, 1.82) is 0 Å². The Morgan fingerprint density at radius 3 is 2.67 bits per heavy atom. The number of aromatic nitrogens is 2. The molecule has 2 N–H and O–H groups in total. The smallest absolute Gasteiger partial charge is 0.251 e. The fourth-order valence-electron chi connectivity index (χ4n) is 1.83. The zero-order chi connectivity index (χ0) is 15.6. The van der Waals surface area contributed by atoms with Gasteiger partial charge in [0.05, 0.1) is 5.02 Å². The number of halogens is 1. The van der Waals surface area contributed by atoms with E-state index in [0.29, 0.717) is 17.3 Å². The van der Waals surface area contributed by atoms with Crippen molar-refractivity contribution in [1.82, 2.24) is 15.5 Å². The normalized spacial score (nSPS) is 12.4. The summed E-state index contributed by atoms with van der Waals surface area (Å²) in [5.74, 6) is 0.548. The van der Waals surface area contributed by atoms with E-state index in [2.05, 4.69) is 15.5 Å². The minimum absolute atomic E-state index is 0.0684. The molecular formula is C14H16ClN3O3. The van der Waals surface area contributed by atoms with Crippen LogP contribution in [0.15, 0.2) is 22.7 Å². The van der Waals surface area contributed by atoms with Crippen LogP contribution >= 0.6 is 11.6 Å². The molecule has 2 rings (SSSR count). The van der Waals surface area contributed by atoms with Crippen LogP contribution in [0.4, 0.5) is 0 Å². The highest BCUT2D eigenvalue weighted by atomic mass is 35.5. The van der Waals surface area contributed by atoms with Crippen molar-refractivity contribution >= 4 is 17.5 Å². The molecule has 0 aliphatic heterocycles. The minimum atomic E-state index is -0.397.